The molecule has 9 nitrogen and oxygen atoms in total. The van der Waals surface area contributed by atoms with Crippen molar-refractivity contribution in [2.45, 2.75) is 98.6 Å². The Kier molecular flexibility index (Phi) is 13.7. The molecule has 2 aromatic carbocycles. The monoisotopic (exact) mass is 845 g/mol. The zero-order chi connectivity index (χ0) is 39.5. The van der Waals surface area contributed by atoms with Gasteiger partial charge in [0.25, 0.3) is 5.91 Å². The van der Waals surface area contributed by atoms with E-state index in [1.165, 1.54) is 30.4 Å². The minimum atomic E-state index is -3.93. The van der Waals surface area contributed by atoms with Gasteiger partial charge in [0.05, 0.1) is 28.2 Å². The van der Waals surface area contributed by atoms with Crippen LogP contribution in [-0.4, -0.2) is 94.4 Å². The normalized spacial score (nSPS) is 32.9. The molecule has 0 unspecified atom stereocenters. The van der Waals surface area contributed by atoms with Crippen LogP contribution >= 0.6 is 35.1 Å². The van der Waals surface area contributed by atoms with Gasteiger partial charge < -0.3 is 24.4 Å². The van der Waals surface area contributed by atoms with Gasteiger partial charge in [-0.15, -0.1) is 23.5 Å². The van der Waals surface area contributed by atoms with Crippen LogP contribution in [0.5, 0.6) is 5.75 Å². The lowest BCUT2D eigenvalue weighted by Gasteiger charge is -2.53. The number of nitrogens with zero attached hydrogens (tertiary/aromatic N) is 1. The summed E-state index contributed by atoms with van der Waals surface area (Å²) < 4.78 is 48.2. The first-order valence-corrected chi connectivity index (χ1v) is 24.6. The maximum Gasteiger partial charge on any atom is 0.264 e. The Bertz CT molecular complexity index is 1840. The molecule has 8 rings (SSSR count). The van der Waals surface area contributed by atoms with E-state index in [2.05, 4.69) is 39.2 Å². The molecule has 2 aliphatic carbocycles. The van der Waals surface area contributed by atoms with Gasteiger partial charge in [-0.2, -0.15) is 0 Å². The topological polar surface area (TPSA) is 106 Å². The Balaban J connectivity index is 0.000000536. The predicted molar refractivity (Wildman–Crippen MR) is 231 cm³/mol. The summed E-state index contributed by atoms with van der Waals surface area (Å²) in [6, 6.07) is 11.7. The van der Waals surface area contributed by atoms with Crippen LogP contribution in [0.15, 0.2) is 48.6 Å². The molecule has 56 heavy (non-hydrogen) atoms. The number of fused-ring (bicyclic) bond motifs is 4. The molecular weight excluding hydrogens is 786 g/mol. The van der Waals surface area contributed by atoms with Crippen molar-refractivity contribution in [1.82, 2.24) is 10.0 Å². The standard InChI is InChI=1S/C37H47ClN2O5S3.C6H13NO/c1-24-7-4-16-37(44-3,35-46-17-6-18-47-35)31-12-9-28(31)21-40-22-36(15-5-8-26-19-29(38)11-13-30(26)36)23-45-33-14-10-27(20-32(33)40)34(41)39-48(42,43)25(24)2;1-8-6-2-4-7-5-3-6/h4,10-11,13-14,16,19-20,24-25,28,31,35H,5-9,12,15,17-18,21-23H2,1-3H3,(H,39,41);6-7H,2-5H2,1H3/b16-4+;/t24-,25+,28-,31+,36-,37-;/m0./s1. The smallest absolute Gasteiger partial charge is 0.264 e. The largest absolute Gasteiger partial charge is 0.490 e. The Hall–Kier alpha value is -1.93. The van der Waals surface area contributed by atoms with Crippen LogP contribution in [0.4, 0.5) is 5.69 Å². The summed E-state index contributed by atoms with van der Waals surface area (Å²) in [5.41, 5.74) is 3.02. The third kappa shape index (κ3) is 8.82. The highest BCUT2D eigenvalue weighted by molar-refractivity contribution is 8.17. The van der Waals surface area contributed by atoms with Gasteiger partial charge in [-0.3, -0.25) is 4.79 Å². The first-order valence-electron chi connectivity index (χ1n) is 20.5. The number of hydrogen-bond donors (Lipinski definition) is 2. The quantitative estimate of drug-likeness (QED) is 0.297. The van der Waals surface area contributed by atoms with Crippen LogP contribution in [0.3, 0.4) is 0 Å². The third-order valence-electron chi connectivity index (χ3n) is 13.3. The highest BCUT2D eigenvalue weighted by atomic mass is 35.5. The SMILES string of the molecule is COC1CCNCC1.CO[C@@]1(C2SCCCS2)/C=C/C[C@H](C)[C@@H](C)S(=O)(=O)NC(=O)c2ccc3c(c2)N(C[C@@H]2CC[C@H]21)C[C@@]1(CCCc2cc(Cl)ccc21)CO3. The van der Waals surface area contributed by atoms with E-state index in [4.69, 9.17) is 25.8 Å². The first-order chi connectivity index (χ1) is 27.0. The minimum Gasteiger partial charge on any atom is -0.490 e. The number of hydrogen-bond acceptors (Lipinski definition) is 10. The molecule has 3 fully saturated rings. The molecule has 308 valence electrons. The van der Waals surface area contributed by atoms with Crippen molar-refractivity contribution in [2.24, 2.45) is 17.8 Å². The molecule has 4 aliphatic heterocycles. The number of methoxy groups -OCH3 is 2. The third-order valence-corrected chi connectivity index (χ3v) is 18.7. The number of piperidine rings is 1. The summed E-state index contributed by atoms with van der Waals surface area (Å²) in [7, 11) is -0.280. The van der Waals surface area contributed by atoms with E-state index in [-0.39, 0.29) is 15.9 Å². The zero-order valence-corrected chi connectivity index (χ0v) is 36.6. The number of thioether (sulfide) groups is 2. The summed E-state index contributed by atoms with van der Waals surface area (Å²) in [6.07, 6.45) is 14.3. The van der Waals surface area contributed by atoms with Gasteiger partial charge in [-0.25, -0.2) is 13.1 Å². The number of allylic oxidation sites excluding steroid dienone is 1. The van der Waals surface area contributed by atoms with Gasteiger partial charge in [-0.1, -0.05) is 36.7 Å². The van der Waals surface area contributed by atoms with Gasteiger partial charge in [-0.05, 0) is 149 Å². The fourth-order valence-corrected chi connectivity index (χ4v) is 14.5. The first kappa shape index (κ1) is 42.2. The van der Waals surface area contributed by atoms with E-state index in [1.54, 1.807) is 20.1 Å². The van der Waals surface area contributed by atoms with Crippen molar-refractivity contribution in [3.63, 3.8) is 0 Å². The fourth-order valence-electron chi connectivity index (χ4n) is 9.64. The molecular formula is C43H60ClN3O6S3. The summed E-state index contributed by atoms with van der Waals surface area (Å²) in [4.78, 5) is 16.0. The number of ether oxygens (including phenoxy) is 3. The van der Waals surface area contributed by atoms with Crippen molar-refractivity contribution < 1.29 is 27.4 Å². The van der Waals surface area contributed by atoms with Crippen molar-refractivity contribution >= 4 is 56.7 Å². The predicted octanol–water partition coefficient (Wildman–Crippen LogP) is 7.85. The highest BCUT2D eigenvalue weighted by Crippen LogP contribution is 2.54. The Morgan fingerprint density at radius 3 is 2.48 bits per heavy atom. The molecule has 0 aromatic heterocycles. The Labute approximate surface area is 348 Å². The molecule has 2 bridgehead atoms. The maximum absolute atomic E-state index is 13.6. The summed E-state index contributed by atoms with van der Waals surface area (Å²) in [6.45, 7) is 7.93. The van der Waals surface area contributed by atoms with Gasteiger partial charge >= 0.3 is 0 Å². The fraction of sp³-hybridized carbons (Fsp3) is 0.651. The molecule has 0 radical (unpaired) electrons. The van der Waals surface area contributed by atoms with Gasteiger partial charge in [0.1, 0.15) is 11.4 Å². The zero-order valence-electron chi connectivity index (χ0n) is 33.4. The van der Waals surface area contributed by atoms with Crippen LogP contribution in [0, 0.1) is 17.8 Å². The second-order valence-corrected chi connectivity index (χ2v) is 21.9. The van der Waals surface area contributed by atoms with Gasteiger partial charge in [0.2, 0.25) is 10.0 Å². The van der Waals surface area contributed by atoms with E-state index >= 15 is 0 Å². The highest BCUT2D eigenvalue weighted by Gasteiger charge is 2.53. The van der Waals surface area contributed by atoms with Gasteiger partial charge in [0.15, 0.2) is 0 Å². The average molecular weight is 847 g/mol. The van der Waals surface area contributed by atoms with E-state index in [1.807, 2.05) is 55.8 Å². The van der Waals surface area contributed by atoms with E-state index < -0.39 is 26.8 Å². The van der Waals surface area contributed by atoms with Crippen molar-refractivity contribution in [3.05, 3.63) is 70.3 Å². The number of halogens is 1. The molecule has 6 atom stereocenters. The molecule has 2 N–H and O–H groups in total. The second-order valence-electron chi connectivity index (χ2n) is 16.7. The molecule has 1 saturated carbocycles. The van der Waals surface area contributed by atoms with Crippen molar-refractivity contribution in [2.75, 3.05) is 63.4 Å². The summed E-state index contributed by atoms with van der Waals surface area (Å²) in [5, 5.41) is 3.26. The number of carbonyl (C=O) groups is 1. The number of carbonyl (C=O) groups excluding carboxylic acids is 1. The Morgan fingerprint density at radius 1 is 1.00 bits per heavy atom. The van der Waals surface area contributed by atoms with Crippen molar-refractivity contribution in [1.29, 1.82) is 0 Å². The van der Waals surface area contributed by atoms with Crippen LogP contribution in [-0.2, 0) is 31.3 Å². The van der Waals surface area contributed by atoms with Crippen molar-refractivity contribution in [3.8, 4) is 5.75 Å². The number of sulfonamides is 1. The van der Waals surface area contributed by atoms with Crippen LogP contribution in [0.2, 0.25) is 5.02 Å². The molecule has 2 saturated heterocycles. The maximum atomic E-state index is 13.6. The lowest BCUT2D eigenvalue weighted by atomic mass is 9.64. The molecule has 1 spiro atoms. The Morgan fingerprint density at radius 2 is 1.79 bits per heavy atom. The number of rotatable bonds is 3. The average Bonchev–Trinajstić information content (AvgIpc) is 3.35. The van der Waals surface area contributed by atoms with Gasteiger partial charge in [0, 0.05) is 43.3 Å². The van der Waals surface area contributed by atoms with E-state index in [0.717, 1.165) is 86.2 Å². The number of aryl methyl sites for hydroxylation is 1. The molecule has 6 aliphatic rings. The van der Waals surface area contributed by atoms with E-state index in [9.17, 15) is 13.2 Å². The molecule has 13 heteroatoms. The van der Waals surface area contributed by atoms with Crippen LogP contribution in [0.1, 0.15) is 86.7 Å². The summed E-state index contributed by atoms with van der Waals surface area (Å²) >= 11 is 10.5. The molecule has 2 aromatic rings. The number of amides is 1. The lowest BCUT2D eigenvalue weighted by Crippen LogP contribution is -2.56. The lowest BCUT2D eigenvalue weighted by molar-refractivity contribution is -0.0639. The molecule has 4 heterocycles. The van der Waals surface area contributed by atoms with E-state index in [0.29, 0.717) is 36.5 Å². The number of anilines is 1. The minimum absolute atomic E-state index is 0.196. The second kappa shape index (κ2) is 18.1. The number of nitrogens with one attached hydrogen (secondary N) is 2. The molecule has 1 amide bonds. The van der Waals surface area contributed by atoms with Crippen LogP contribution < -0.4 is 19.7 Å². The van der Waals surface area contributed by atoms with Crippen LogP contribution in [0.25, 0.3) is 0 Å². The number of benzene rings is 2. The summed E-state index contributed by atoms with van der Waals surface area (Å²) in [5.74, 6) is 2.83.